The lowest BCUT2D eigenvalue weighted by atomic mass is 9.51. The van der Waals surface area contributed by atoms with E-state index in [0.717, 1.165) is 19.3 Å². The first kappa shape index (κ1) is 23.7. The van der Waals surface area contributed by atoms with Crippen LogP contribution in [0.3, 0.4) is 0 Å². The molecule has 35 heavy (non-hydrogen) atoms. The molecule has 0 saturated heterocycles. The summed E-state index contributed by atoms with van der Waals surface area (Å²) in [6, 6.07) is 4.32. The van der Waals surface area contributed by atoms with Crippen LogP contribution >= 0.6 is 0 Å². The number of aliphatic hydroxyl groups is 1. The number of anilines is 1. The molecule has 0 aliphatic heterocycles. The molecular weight excluding hydrogens is 449 g/mol. The van der Waals surface area contributed by atoms with Gasteiger partial charge in [-0.3, -0.25) is 14.4 Å². The van der Waals surface area contributed by atoms with E-state index in [4.69, 9.17) is 0 Å². The third-order valence-corrected chi connectivity index (χ3v) is 8.60. The molecular formula is C27H32FN3O4. The second-order valence-electron chi connectivity index (χ2n) is 10.9. The number of nitrogens with zero attached hydrogens (tertiary/aromatic N) is 1. The van der Waals surface area contributed by atoms with E-state index in [2.05, 4.69) is 10.6 Å². The van der Waals surface area contributed by atoms with Crippen molar-refractivity contribution in [2.24, 2.45) is 24.8 Å². The lowest BCUT2D eigenvalue weighted by Gasteiger charge is -2.58. The van der Waals surface area contributed by atoms with Crippen molar-refractivity contribution in [3.05, 3.63) is 52.1 Å². The topological polar surface area (TPSA) is 100 Å². The fourth-order valence-corrected chi connectivity index (χ4v) is 7.11. The number of aryl methyl sites for hydroxylation is 1. The van der Waals surface area contributed by atoms with Crippen molar-refractivity contribution in [2.75, 3.05) is 5.32 Å². The lowest BCUT2D eigenvalue weighted by Crippen LogP contribution is -2.64. The van der Waals surface area contributed by atoms with Gasteiger partial charge in [0.15, 0.2) is 0 Å². The van der Waals surface area contributed by atoms with Crippen molar-refractivity contribution in [3.8, 4) is 0 Å². The van der Waals surface area contributed by atoms with Crippen LogP contribution in [0.1, 0.15) is 69.8 Å². The van der Waals surface area contributed by atoms with Crippen LogP contribution in [0.15, 0.2) is 18.2 Å². The van der Waals surface area contributed by atoms with E-state index < -0.39 is 23.1 Å². The number of halogens is 1. The number of carbonyl (C=O) groups is 3. The lowest BCUT2D eigenvalue weighted by molar-refractivity contribution is -0.133. The SMILES string of the molecule is Cc1cc(NC(=O)c2c(C)c(C(=O)C(=O)N[C@]34C[C@@H]5C[C@H](C3)[C@@H](O)[C@@H](C5)C4)n(C)c2C)ccc1F. The zero-order valence-corrected chi connectivity index (χ0v) is 20.6. The van der Waals surface area contributed by atoms with Crippen molar-refractivity contribution in [1.82, 2.24) is 9.88 Å². The van der Waals surface area contributed by atoms with E-state index in [-0.39, 0.29) is 29.5 Å². The highest BCUT2D eigenvalue weighted by Crippen LogP contribution is 2.55. The number of carbonyl (C=O) groups excluding carboxylic acids is 3. The molecule has 4 saturated carbocycles. The van der Waals surface area contributed by atoms with E-state index in [0.29, 0.717) is 46.8 Å². The van der Waals surface area contributed by atoms with E-state index in [1.807, 2.05) is 0 Å². The molecule has 0 radical (unpaired) electrons. The minimum atomic E-state index is -0.666. The molecule has 6 rings (SSSR count). The average molecular weight is 482 g/mol. The van der Waals surface area contributed by atoms with Crippen LogP contribution in [-0.2, 0) is 11.8 Å². The Morgan fingerprint density at radius 1 is 1.09 bits per heavy atom. The number of hydrogen-bond acceptors (Lipinski definition) is 4. The maximum absolute atomic E-state index is 13.6. The molecule has 2 amide bonds. The predicted molar refractivity (Wildman–Crippen MR) is 129 cm³/mol. The first-order chi connectivity index (χ1) is 16.5. The van der Waals surface area contributed by atoms with Gasteiger partial charge in [-0.15, -0.1) is 0 Å². The molecule has 8 heteroatoms. The van der Waals surface area contributed by atoms with Crippen molar-refractivity contribution >= 4 is 23.3 Å². The third kappa shape index (κ3) is 3.88. The van der Waals surface area contributed by atoms with Gasteiger partial charge in [0.25, 0.3) is 17.6 Å². The molecule has 186 valence electrons. The Labute approximate surface area is 204 Å². The number of aromatic nitrogens is 1. The van der Waals surface area contributed by atoms with Gasteiger partial charge in [0.05, 0.1) is 17.4 Å². The highest BCUT2D eigenvalue weighted by atomic mass is 19.1. The van der Waals surface area contributed by atoms with Crippen molar-refractivity contribution < 1.29 is 23.9 Å². The van der Waals surface area contributed by atoms with Crippen molar-refractivity contribution in [3.63, 3.8) is 0 Å². The Hall–Kier alpha value is -3.00. The number of nitrogens with one attached hydrogen (secondary N) is 2. The monoisotopic (exact) mass is 481 g/mol. The Bertz CT molecular complexity index is 1230. The largest absolute Gasteiger partial charge is 0.393 e. The van der Waals surface area contributed by atoms with Crippen LogP contribution in [0.25, 0.3) is 0 Å². The van der Waals surface area contributed by atoms with Crippen LogP contribution < -0.4 is 10.6 Å². The number of rotatable bonds is 5. The highest BCUT2D eigenvalue weighted by Gasteiger charge is 2.56. The summed E-state index contributed by atoms with van der Waals surface area (Å²) in [7, 11) is 1.67. The number of ketones is 1. The normalized spacial score (nSPS) is 28.7. The standard InChI is InChI=1S/C27H32FN3O4/c1-13-7-19(5-6-20(13)28)29-25(34)21-14(2)22(31(4)15(21)3)24(33)26(35)30-27-10-16-8-17(11-27)23(32)18(9-16)12-27/h5-7,16-18,23,32H,8-12H2,1-4H3,(H,29,34)(H,30,35)/t16-,17-,18+,23-,27-. The van der Waals surface area contributed by atoms with Crippen LogP contribution in [0.2, 0.25) is 0 Å². The summed E-state index contributed by atoms with van der Waals surface area (Å²) in [5.74, 6) is -1.26. The van der Waals surface area contributed by atoms with Gasteiger partial charge in [-0.05, 0) is 100.0 Å². The molecule has 4 bridgehead atoms. The summed E-state index contributed by atoms with van der Waals surface area (Å²) >= 11 is 0. The molecule has 4 fully saturated rings. The summed E-state index contributed by atoms with van der Waals surface area (Å²) < 4.78 is 15.2. The maximum atomic E-state index is 13.6. The number of benzene rings is 1. The Kier molecular flexibility index (Phi) is 5.62. The smallest absolute Gasteiger partial charge is 0.294 e. The van der Waals surface area contributed by atoms with Gasteiger partial charge in [-0.25, -0.2) is 4.39 Å². The molecule has 1 aromatic heterocycles. The third-order valence-electron chi connectivity index (χ3n) is 8.60. The molecule has 4 aliphatic rings. The minimum absolute atomic E-state index is 0.182. The summed E-state index contributed by atoms with van der Waals surface area (Å²) in [5, 5.41) is 16.3. The van der Waals surface area contributed by atoms with Gasteiger partial charge < -0.3 is 20.3 Å². The molecule has 3 N–H and O–H groups in total. The van der Waals surface area contributed by atoms with Crippen LogP contribution in [-0.4, -0.2) is 38.9 Å². The predicted octanol–water partition coefficient (Wildman–Crippen LogP) is 3.58. The van der Waals surface area contributed by atoms with Gasteiger partial charge in [-0.2, -0.15) is 0 Å². The van der Waals surface area contributed by atoms with Crippen LogP contribution in [0.5, 0.6) is 0 Å². The van der Waals surface area contributed by atoms with Gasteiger partial charge in [0.1, 0.15) is 5.82 Å². The highest BCUT2D eigenvalue weighted by molar-refractivity contribution is 6.43. The van der Waals surface area contributed by atoms with E-state index in [1.165, 1.54) is 12.1 Å². The zero-order chi connectivity index (χ0) is 25.2. The first-order valence-electron chi connectivity index (χ1n) is 12.3. The molecule has 1 heterocycles. The minimum Gasteiger partial charge on any atom is -0.393 e. The summed E-state index contributed by atoms with van der Waals surface area (Å²) in [4.78, 5) is 39.6. The quantitative estimate of drug-likeness (QED) is 0.449. The van der Waals surface area contributed by atoms with Crippen molar-refractivity contribution in [1.29, 1.82) is 0 Å². The van der Waals surface area contributed by atoms with Crippen LogP contribution in [0.4, 0.5) is 10.1 Å². The summed E-state index contributed by atoms with van der Waals surface area (Å²) in [6.07, 6.45) is 3.93. The second-order valence-corrected chi connectivity index (χ2v) is 10.9. The molecule has 4 aliphatic carbocycles. The number of aliphatic hydroxyl groups excluding tert-OH is 1. The maximum Gasteiger partial charge on any atom is 0.294 e. The Morgan fingerprint density at radius 3 is 2.37 bits per heavy atom. The van der Waals surface area contributed by atoms with E-state index in [1.54, 1.807) is 38.5 Å². The second kappa shape index (κ2) is 8.29. The van der Waals surface area contributed by atoms with Gasteiger partial charge in [-0.1, -0.05) is 0 Å². The van der Waals surface area contributed by atoms with Gasteiger partial charge >= 0.3 is 0 Å². The molecule has 1 aromatic carbocycles. The zero-order valence-electron chi connectivity index (χ0n) is 20.6. The van der Waals surface area contributed by atoms with E-state index >= 15 is 0 Å². The Balaban J connectivity index is 1.37. The van der Waals surface area contributed by atoms with Gasteiger partial charge in [0.2, 0.25) is 0 Å². The number of hydrogen-bond donors (Lipinski definition) is 3. The number of Topliss-reactive ketones (excluding diaryl/α,β-unsaturated/α-hetero) is 1. The fraction of sp³-hybridized carbons (Fsp3) is 0.519. The summed E-state index contributed by atoms with van der Waals surface area (Å²) in [5.41, 5.74) is 1.93. The molecule has 7 nitrogen and oxygen atoms in total. The fourth-order valence-electron chi connectivity index (χ4n) is 7.11. The average Bonchev–Trinajstić information content (AvgIpc) is 3.01. The molecule has 0 spiro atoms. The van der Waals surface area contributed by atoms with Crippen LogP contribution in [0, 0.1) is 44.3 Å². The molecule has 5 atom stereocenters. The van der Waals surface area contributed by atoms with E-state index in [9.17, 15) is 23.9 Å². The molecule has 2 aromatic rings. The first-order valence-corrected chi connectivity index (χ1v) is 12.3. The van der Waals surface area contributed by atoms with Gasteiger partial charge in [0, 0.05) is 24.0 Å². The Morgan fingerprint density at radius 2 is 1.74 bits per heavy atom. The molecule has 0 unspecified atom stereocenters. The van der Waals surface area contributed by atoms with Crippen molar-refractivity contribution in [2.45, 2.75) is 64.5 Å². The summed E-state index contributed by atoms with van der Waals surface area (Å²) in [6.45, 7) is 5.01. The number of amides is 2.